The predicted octanol–water partition coefficient (Wildman–Crippen LogP) is 3.68. The molecule has 0 unspecified atom stereocenters. The van der Waals surface area contributed by atoms with Gasteiger partial charge in [-0.3, -0.25) is 14.4 Å². The highest BCUT2D eigenvalue weighted by Crippen LogP contribution is 2.57. The Hall–Kier alpha value is -2.42. The van der Waals surface area contributed by atoms with Crippen LogP contribution in [0.4, 0.5) is 11.4 Å². The fourth-order valence-electron chi connectivity index (χ4n) is 5.06. The summed E-state index contributed by atoms with van der Waals surface area (Å²) in [5, 5.41) is 5.77. The second kappa shape index (κ2) is 7.12. The topological polar surface area (TPSA) is 84.5 Å². The summed E-state index contributed by atoms with van der Waals surface area (Å²) in [7, 11) is 0. The molecule has 5 atom stereocenters. The van der Waals surface area contributed by atoms with Gasteiger partial charge in [-0.25, -0.2) is 0 Å². The van der Waals surface area contributed by atoms with E-state index in [9.17, 15) is 14.4 Å². The number of amides is 2. The van der Waals surface area contributed by atoms with Gasteiger partial charge in [-0.2, -0.15) is 0 Å². The Morgan fingerprint density at radius 1 is 1.00 bits per heavy atom. The standard InChI is InChI=1S/C22H19IN2O4/c23-13-4-6-14(7-5-13)24-20(26)11-2-1-3-15(8-11)25-21(27)18-12-9-16-17(10-12)29-22(28)19(16)18/h1-8,12,16-19H,9-10H2,(H,24,26)(H,25,27)/t12-,16+,17-,18+,19+/m0/s1. The second-order valence-electron chi connectivity index (χ2n) is 7.95. The van der Waals surface area contributed by atoms with Crippen molar-refractivity contribution in [2.75, 3.05) is 10.6 Å². The molecule has 2 aromatic rings. The molecule has 2 saturated carbocycles. The van der Waals surface area contributed by atoms with Gasteiger partial charge in [0.05, 0.1) is 11.8 Å². The second-order valence-corrected chi connectivity index (χ2v) is 9.20. The quantitative estimate of drug-likeness (QED) is 0.494. The first-order valence-electron chi connectivity index (χ1n) is 9.68. The van der Waals surface area contributed by atoms with Crippen molar-refractivity contribution in [3.63, 3.8) is 0 Å². The third-order valence-corrected chi connectivity index (χ3v) is 7.00. The first-order valence-corrected chi connectivity index (χ1v) is 10.8. The van der Waals surface area contributed by atoms with Crippen molar-refractivity contribution in [3.8, 4) is 0 Å². The van der Waals surface area contributed by atoms with Crippen LogP contribution in [-0.4, -0.2) is 23.9 Å². The molecule has 1 heterocycles. The summed E-state index contributed by atoms with van der Waals surface area (Å²) in [6.45, 7) is 0. The first-order chi connectivity index (χ1) is 14.0. The van der Waals surface area contributed by atoms with E-state index in [0.29, 0.717) is 16.9 Å². The Morgan fingerprint density at radius 2 is 1.79 bits per heavy atom. The molecular formula is C22H19IN2O4. The van der Waals surface area contributed by atoms with E-state index >= 15 is 0 Å². The van der Waals surface area contributed by atoms with E-state index in [4.69, 9.17) is 4.74 Å². The van der Waals surface area contributed by atoms with Crippen LogP contribution in [-0.2, 0) is 14.3 Å². The molecule has 6 nitrogen and oxygen atoms in total. The summed E-state index contributed by atoms with van der Waals surface area (Å²) in [5.41, 5.74) is 1.71. The predicted molar refractivity (Wildman–Crippen MR) is 115 cm³/mol. The van der Waals surface area contributed by atoms with E-state index in [1.165, 1.54) is 0 Å². The minimum absolute atomic E-state index is 0.00911. The van der Waals surface area contributed by atoms with Crippen LogP contribution in [0.3, 0.4) is 0 Å². The number of benzene rings is 2. The molecule has 2 bridgehead atoms. The third kappa shape index (κ3) is 3.31. The van der Waals surface area contributed by atoms with Gasteiger partial charge in [0.1, 0.15) is 6.10 Å². The van der Waals surface area contributed by atoms with Crippen molar-refractivity contribution in [1.29, 1.82) is 0 Å². The average Bonchev–Trinajstić information content (AvgIpc) is 3.32. The lowest BCUT2D eigenvalue weighted by Gasteiger charge is -2.23. The summed E-state index contributed by atoms with van der Waals surface area (Å²) >= 11 is 2.21. The minimum atomic E-state index is -0.337. The Balaban J connectivity index is 1.29. The summed E-state index contributed by atoms with van der Waals surface area (Å²) < 4.78 is 6.50. The van der Waals surface area contributed by atoms with E-state index in [0.717, 1.165) is 16.4 Å². The molecule has 2 aliphatic carbocycles. The summed E-state index contributed by atoms with van der Waals surface area (Å²) in [6.07, 6.45) is 1.68. The molecule has 7 heteroatoms. The van der Waals surface area contributed by atoms with Crippen molar-refractivity contribution >= 4 is 51.7 Å². The van der Waals surface area contributed by atoms with E-state index in [-0.39, 0.29) is 47.6 Å². The number of hydrogen-bond acceptors (Lipinski definition) is 4. The van der Waals surface area contributed by atoms with Crippen molar-refractivity contribution < 1.29 is 19.1 Å². The van der Waals surface area contributed by atoms with E-state index in [2.05, 4.69) is 33.2 Å². The van der Waals surface area contributed by atoms with Gasteiger partial charge in [-0.15, -0.1) is 0 Å². The maximum atomic E-state index is 12.9. The van der Waals surface area contributed by atoms with Crippen LogP contribution in [0, 0.1) is 27.2 Å². The maximum Gasteiger partial charge on any atom is 0.310 e. The van der Waals surface area contributed by atoms with Gasteiger partial charge in [-0.05, 0) is 83.8 Å². The van der Waals surface area contributed by atoms with Gasteiger partial charge >= 0.3 is 5.97 Å². The van der Waals surface area contributed by atoms with E-state index in [1.807, 2.05) is 24.3 Å². The maximum absolute atomic E-state index is 12.9. The molecule has 0 spiro atoms. The molecule has 3 aliphatic rings. The van der Waals surface area contributed by atoms with E-state index in [1.54, 1.807) is 24.3 Å². The Morgan fingerprint density at radius 3 is 2.59 bits per heavy atom. The van der Waals surface area contributed by atoms with Gasteiger partial charge < -0.3 is 15.4 Å². The molecule has 0 radical (unpaired) electrons. The Bertz CT molecular complexity index is 1000. The van der Waals surface area contributed by atoms with Crippen LogP contribution in [0.1, 0.15) is 23.2 Å². The molecule has 1 aliphatic heterocycles. The number of carbonyl (C=O) groups is 3. The lowest BCUT2D eigenvalue weighted by molar-refractivity contribution is -0.145. The Labute approximate surface area is 181 Å². The highest BCUT2D eigenvalue weighted by Gasteiger charge is 2.63. The van der Waals surface area contributed by atoms with Crippen LogP contribution in [0.15, 0.2) is 48.5 Å². The molecular weight excluding hydrogens is 483 g/mol. The summed E-state index contributed by atoms with van der Waals surface area (Å²) in [6, 6.07) is 14.4. The third-order valence-electron chi connectivity index (χ3n) is 6.28. The van der Waals surface area contributed by atoms with E-state index < -0.39 is 0 Å². The number of esters is 1. The Kier molecular flexibility index (Phi) is 4.57. The number of ether oxygens (including phenoxy) is 1. The molecule has 0 aromatic heterocycles. The van der Waals surface area contributed by atoms with Crippen molar-refractivity contribution in [2.45, 2.75) is 18.9 Å². The van der Waals surface area contributed by atoms with Crippen LogP contribution in [0.5, 0.6) is 0 Å². The lowest BCUT2D eigenvalue weighted by atomic mass is 9.79. The summed E-state index contributed by atoms with van der Waals surface area (Å²) in [5.74, 6) is -0.894. The monoisotopic (exact) mass is 502 g/mol. The number of anilines is 2. The molecule has 1 saturated heterocycles. The zero-order valence-electron chi connectivity index (χ0n) is 15.4. The largest absolute Gasteiger partial charge is 0.462 e. The molecule has 5 rings (SSSR count). The number of fused-ring (bicyclic) bond motifs is 1. The highest BCUT2D eigenvalue weighted by atomic mass is 127. The number of carbonyl (C=O) groups excluding carboxylic acids is 3. The van der Waals surface area contributed by atoms with Gasteiger partial charge in [-0.1, -0.05) is 6.07 Å². The van der Waals surface area contributed by atoms with Crippen LogP contribution in [0.2, 0.25) is 0 Å². The van der Waals surface area contributed by atoms with Gasteiger partial charge in [0.25, 0.3) is 5.91 Å². The van der Waals surface area contributed by atoms with Gasteiger partial charge in [0, 0.05) is 26.4 Å². The molecule has 2 amide bonds. The fraction of sp³-hybridized carbons (Fsp3) is 0.318. The highest BCUT2D eigenvalue weighted by molar-refractivity contribution is 14.1. The zero-order valence-corrected chi connectivity index (χ0v) is 17.6. The average molecular weight is 502 g/mol. The fourth-order valence-corrected chi connectivity index (χ4v) is 5.42. The van der Waals surface area contributed by atoms with Crippen molar-refractivity contribution in [2.24, 2.45) is 23.7 Å². The minimum Gasteiger partial charge on any atom is -0.462 e. The SMILES string of the molecule is O=C(Nc1ccc(I)cc1)c1cccc(NC(=O)[C@@H]2[C@H]3C[C@H]4[C@H]2C(=O)O[C@H]4C3)c1. The van der Waals surface area contributed by atoms with Crippen LogP contribution >= 0.6 is 22.6 Å². The first kappa shape index (κ1) is 18.6. The van der Waals surface area contributed by atoms with Gasteiger partial charge in [0.2, 0.25) is 5.91 Å². The van der Waals surface area contributed by atoms with Crippen molar-refractivity contribution in [1.82, 2.24) is 0 Å². The number of halogens is 1. The molecule has 2 aromatic carbocycles. The number of hydrogen-bond donors (Lipinski definition) is 2. The molecule has 3 fully saturated rings. The van der Waals surface area contributed by atoms with Crippen LogP contribution < -0.4 is 10.6 Å². The lowest BCUT2D eigenvalue weighted by Crippen LogP contribution is -2.35. The van der Waals surface area contributed by atoms with Gasteiger partial charge in [0.15, 0.2) is 0 Å². The normalized spacial score (nSPS) is 28.9. The summed E-state index contributed by atoms with van der Waals surface area (Å²) in [4.78, 5) is 37.6. The molecule has 29 heavy (non-hydrogen) atoms. The smallest absolute Gasteiger partial charge is 0.310 e. The number of rotatable bonds is 4. The number of nitrogens with one attached hydrogen (secondary N) is 2. The van der Waals surface area contributed by atoms with Crippen LogP contribution in [0.25, 0.3) is 0 Å². The zero-order chi connectivity index (χ0) is 20.1. The molecule has 2 N–H and O–H groups in total. The molecule has 148 valence electrons. The van der Waals surface area contributed by atoms with Crippen molar-refractivity contribution in [3.05, 3.63) is 57.7 Å².